The van der Waals surface area contributed by atoms with Crippen LogP contribution < -0.4 is 10.6 Å². The van der Waals surface area contributed by atoms with Crippen molar-refractivity contribution in [2.75, 3.05) is 13.2 Å². The van der Waals surface area contributed by atoms with Gasteiger partial charge in [-0.05, 0) is 12.1 Å². The number of hydrogen-bond acceptors (Lipinski definition) is 4. The van der Waals surface area contributed by atoms with Crippen LogP contribution in [-0.4, -0.2) is 47.2 Å². The third-order valence-corrected chi connectivity index (χ3v) is 2.50. The van der Waals surface area contributed by atoms with Gasteiger partial charge in [0.05, 0.1) is 6.54 Å². The molecule has 0 bridgehead atoms. The van der Waals surface area contributed by atoms with E-state index >= 15 is 0 Å². The Bertz CT molecular complexity index is 475. The van der Waals surface area contributed by atoms with Crippen molar-refractivity contribution in [3.63, 3.8) is 0 Å². The SMILES string of the molecule is O=C(CNC(=O)c1ccccc1)N[C@H](CCO)C(=O)O. The molecule has 0 aliphatic rings. The second-order valence-corrected chi connectivity index (χ2v) is 4.02. The molecule has 0 heterocycles. The molecule has 0 fully saturated rings. The van der Waals surface area contributed by atoms with Crippen LogP contribution in [0.5, 0.6) is 0 Å². The smallest absolute Gasteiger partial charge is 0.326 e. The molecule has 1 aromatic carbocycles. The van der Waals surface area contributed by atoms with Gasteiger partial charge in [0.25, 0.3) is 5.91 Å². The summed E-state index contributed by atoms with van der Waals surface area (Å²) in [5, 5.41) is 22.1. The minimum atomic E-state index is -1.23. The van der Waals surface area contributed by atoms with Crippen LogP contribution >= 0.6 is 0 Å². The van der Waals surface area contributed by atoms with Crippen LogP contribution in [0.4, 0.5) is 0 Å². The summed E-state index contributed by atoms with van der Waals surface area (Å²) in [5.74, 6) is -2.29. The summed E-state index contributed by atoms with van der Waals surface area (Å²) < 4.78 is 0. The molecule has 0 unspecified atom stereocenters. The molecule has 0 aliphatic heterocycles. The van der Waals surface area contributed by atoms with Gasteiger partial charge in [0.2, 0.25) is 5.91 Å². The van der Waals surface area contributed by atoms with E-state index < -0.39 is 23.8 Å². The minimum Gasteiger partial charge on any atom is -0.480 e. The molecule has 7 heteroatoms. The molecule has 2 amide bonds. The van der Waals surface area contributed by atoms with E-state index in [1.165, 1.54) is 0 Å². The highest BCUT2D eigenvalue weighted by atomic mass is 16.4. The molecule has 1 rings (SSSR count). The van der Waals surface area contributed by atoms with Gasteiger partial charge < -0.3 is 20.8 Å². The molecule has 4 N–H and O–H groups in total. The molecule has 20 heavy (non-hydrogen) atoms. The molecular weight excluding hydrogens is 264 g/mol. The number of amides is 2. The fourth-order valence-electron chi connectivity index (χ4n) is 1.48. The Morgan fingerprint density at radius 2 is 1.80 bits per heavy atom. The van der Waals surface area contributed by atoms with Gasteiger partial charge in [-0.3, -0.25) is 9.59 Å². The van der Waals surface area contributed by atoms with E-state index in [2.05, 4.69) is 10.6 Å². The lowest BCUT2D eigenvalue weighted by Crippen LogP contribution is -2.45. The van der Waals surface area contributed by atoms with Gasteiger partial charge in [0.15, 0.2) is 0 Å². The Hall–Kier alpha value is -2.41. The van der Waals surface area contributed by atoms with Crippen LogP contribution in [0, 0.1) is 0 Å². The normalized spacial score (nSPS) is 11.4. The molecular formula is C13H16N2O5. The van der Waals surface area contributed by atoms with Crippen molar-refractivity contribution in [3.8, 4) is 0 Å². The number of rotatable bonds is 7. The van der Waals surface area contributed by atoms with E-state index in [0.29, 0.717) is 5.56 Å². The third-order valence-electron chi connectivity index (χ3n) is 2.50. The van der Waals surface area contributed by atoms with Crippen LogP contribution in [0.3, 0.4) is 0 Å². The molecule has 0 aliphatic carbocycles. The van der Waals surface area contributed by atoms with Crippen LogP contribution in [0.2, 0.25) is 0 Å². The molecule has 108 valence electrons. The van der Waals surface area contributed by atoms with Crippen molar-refractivity contribution in [1.29, 1.82) is 0 Å². The maximum atomic E-state index is 11.6. The highest BCUT2D eigenvalue weighted by Crippen LogP contribution is 1.97. The zero-order valence-corrected chi connectivity index (χ0v) is 10.7. The summed E-state index contributed by atoms with van der Waals surface area (Å²) in [5.41, 5.74) is 0.408. The second kappa shape index (κ2) is 7.90. The number of hydrogen-bond donors (Lipinski definition) is 4. The van der Waals surface area contributed by atoms with Crippen molar-refractivity contribution >= 4 is 17.8 Å². The van der Waals surface area contributed by atoms with Crippen LogP contribution in [0.25, 0.3) is 0 Å². The van der Waals surface area contributed by atoms with Crippen molar-refractivity contribution in [2.45, 2.75) is 12.5 Å². The number of carboxylic acids is 1. The Morgan fingerprint density at radius 3 is 2.35 bits per heavy atom. The van der Waals surface area contributed by atoms with Crippen LogP contribution in [0.15, 0.2) is 30.3 Å². The zero-order chi connectivity index (χ0) is 15.0. The molecule has 0 saturated carbocycles. The Morgan fingerprint density at radius 1 is 1.15 bits per heavy atom. The van der Waals surface area contributed by atoms with Crippen LogP contribution in [-0.2, 0) is 9.59 Å². The number of benzene rings is 1. The summed E-state index contributed by atoms with van der Waals surface area (Å²) in [6.45, 7) is -0.684. The number of carboxylic acid groups (broad SMARTS) is 1. The van der Waals surface area contributed by atoms with Crippen molar-refractivity contribution in [3.05, 3.63) is 35.9 Å². The lowest BCUT2D eigenvalue weighted by molar-refractivity contribution is -0.142. The quantitative estimate of drug-likeness (QED) is 0.530. The zero-order valence-electron chi connectivity index (χ0n) is 10.7. The Balaban J connectivity index is 2.43. The fourth-order valence-corrected chi connectivity index (χ4v) is 1.48. The minimum absolute atomic E-state index is 0.0896. The summed E-state index contributed by atoms with van der Waals surface area (Å²) >= 11 is 0. The lowest BCUT2D eigenvalue weighted by atomic mass is 10.2. The Kier molecular flexibility index (Phi) is 6.18. The largest absolute Gasteiger partial charge is 0.480 e. The van der Waals surface area contributed by atoms with E-state index in [1.807, 2.05) is 0 Å². The third kappa shape index (κ3) is 5.07. The first-order valence-electron chi connectivity index (χ1n) is 6.01. The molecule has 7 nitrogen and oxygen atoms in total. The standard InChI is InChI=1S/C13H16N2O5/c16-7-6-10(13(19)20)15-11(17)8-14-12(18)9-4-2-1-3-5-9/h1-5,10,16H,6-8H2,(H,14,18)(H,15,17)(H,19,20)/t10-/m1/s1. The van der Waals surface area contributed by atoms with E-state index in [1.54, 1.807) is 30.3 Å². The average molecular weight is 280 g/mol. The summed E-state index contributed by atoms with van der Waals surface area (Å²) in [6.07, 6.45) is -0.0896. The number of aliphatic carboxylic acids is 1. The van der Waals surface area contributed by atoms with Gasteiger partial charge >= 0.3 is 5.97 Å². The van der Waals surface area contributed by atoms with Gasteiger partial charge in [-0.1, -0.05) is 18.2 Å². The average Bonchev–Trinajstić information content (AvgIpc) is 2.45. The number of aliphatic hydroxyl groups is 1. The fraction of sp³-hybridized carbons (Fsp3) is 0.308. The van der Waals surface area contributed by atoms with Gasteiger partial charge in [0.1, 0.15) is 6.04 Å². The Labute approximate surface area is 115 Å². The topological polar surface area (TPSA) is 116 Å². The van der Waals surface area contributed by atoms with E-state index in [9.17, 15) is 14.4 Å². The van der Waals surface area contributed by atoms with Crippen molar-refractivity contribution in [1.82, 2.24) is 10.6 Å². The molecule has 0 radical (unpaired) electrons. The number of aliphatic hydroxyl groups excluding tert-OH is 1. The first-order valence-corrected chi connectivity index (χ1v) is 6.01. The predicted octanol–water partition coefficient (Wildman–Crippen LogP) is -0.632. The molecule has 0 spiro atoms. The summed E-state index contributed by atoms with van der Waals surface area (Å²) in [6, 6.07) is 7.17. The van der Waals surface area contributed by atoms with Crippen LogP contribution in [0.1, 0.15) is 16.8 Å². The monoisotopic (exact) mass is 280 g/mol. The van der Waals surface area contributed by atoms with E-state index in [-0.39, 0.29) is 19.6 Å². The summed E-state index contributed by atoms with van der Waals surface area (Å²) in [4.78, 5) is 33.9. The first kappa shape index (κ1) is 15.6. The molecule has 0 saturated heterocycles. The number of carbonyl (C=O) groups excluding carboxylic acids is 2. The highest BCUT2D eigenvalue weighted by molar-refractivity contribution is 5.96. The number of nitrogens with one attached hydrogen (secondary N) is 2. The highest BCUT2D eigenvalue weighted by Gasteiger charge is 2.19. The van der Waals surface area contributed by atoms with Crippen molar-refractivity contribution in [2.24, 2.45) is 0 Å². The van der Waals surface area contributed by atoms with E-state index in [4.69, 9.17) is 10.2 Å². The molecule has 1 atom stereocenters. The predicted molar refractivity (Wildman–Crippen MR) is 70.0 cm³/mol. The van der Waals surface area contributed by atoms with Gasteiger partial charge in [0, 0.05) is 18.6 Å². The maximum Gasteiger partial charge on any atom is 0.326 e. The van der Waals surface area contributed by atoms with E-state index in [0.717, 1.165) is 0 Å². The summed E-state index contributed by atoms with van der Waals surface area (Å²) in [7, 11) is 0. The first-order chi connectivity index (χ1) is 9.54. The molecule has 0 aromatic heterocycles. The van der Waals surface area contributed by atoms with Gasteiger partial charge in [-0.2, -0.15) is 0 Å². The van der Waals surface area contributed by atoms with Gasteiger partial charge in [-0.25, -0.2) is 4.79 Å². The number of carbonyl (C=O) groups is 3. The maximum absolute atomic E-state index is 11.6. The lowest BCUT2D eigenvalue weighted by Gasteiger charge is -2.13. The molecule has 1 aromatic rings. The second-order valence-electron chi connectivity index (χ2n) is 4.02. The van der Waals surface area contributed by atoms with Gasteiger partial charge in [-0.15, -0.1) is 0 Å². The van der Waals surface area contributed by atoms with Crippen molar-refractivity contribution < 1.29 is 24.6 Å².